The first kappa shape index (κ1) is 32.5. The van der Waals surface area contributed by atoms with E-state index >= 15 is 0 Å². The Labute approximate surface area is 223 Å². The molecular formula is C23H26F6N4O7. The van der Waals surface area contributed by atoms with Crippen LogP contribution in [0.25, 0.3) is 0 Å². The molecule has 4 rings (SSSR count). The van der Waals surface area contributed by atoms with Crippen molar-refractivity contribution in [3.8, 4) is 11.8 Å². The molecule has 0 aliphatic carbocycles. The molecule has 0 radical (unpaired) electrons. The van der Waals surface area contributed by atoms with Crippen LogP contribution in [0.4, 0.5) is 26.3 Å². The third kappa shape index (κ3) is 10.1. The molecular weight excluding hydrogens is 558 g/mol. The van der Waals surface area contributed by atoms with Gasteiger partial charge in [-0.25, -0.2) is 19.6 Å². The largest absolute Gasteiger partial charge is 0.490 e. The van der Waals surface area contributed by atoms with Crippen molar-refractivity contribution in [2.24, 2.45) is 0 Å². The van der Waals surface area contributed by atoms with Crippen molar-refractivity contribution in [2.75, 3.05) is 26.8 Å². The van der Waals surface area contributed by atoms with E-state index < -0.39 is 24.3 Å². The lowest BCUT2D eigenvalue weighted by Crippen LogP contribution is -2.65. The van der Waals surface area contributed by atoms with Gasteiger partial charge in [0.25, 0.3) is 0 Å². The summed E-state index contributed by atoms with van der Waals surface area (Å²) in [6.07, 6.45) is -3.13. The first-order valence-corrected chi connectivity index (χ1v) is 11.4. The number of carbonyl (C=O) groups is 2. The van der Waals surface area contributed by atoms with Crippen molar-refractivity contribution >= 4 is 11.9 Å². The number of carboxylic acid groups (broad SMARTS) is 2. The summed E-state index contributed by atoms with van der Waals surface area (Å²) in [6.45, 7) is 5.24. The Morgan fingerprint density at radius 2 is 1.73 bits per heavy atom. The smallest absolute Gasteiger partial charge is 0.481 e. The molecule has 4 heterocycles. The number of pyridine rings is 1. The van der Waals surface area contributed by atoms with Crippen molar-refractivity contribution in [1.82, 2.24) is 19.9 Å². The van der Waals surface area contributed by atoms with Gasteiger partial charge in [0.2, 0.25) is 11.8 Å². The van der Waals surface area contributed by atoms with E-state index in [2.05, 4.69) is 25.9 Å². The van der Waals surface area contributed by atoms with Gasteiger partial charge in [-0.05, 0) is 13.0 Å². The highest BCUT2D eigenvalue weighted by molar-refractivity contribution is 5.73. The van der Waals surface area contributed by atoms with Gasteiger partial charge in [0.15, 0.2) is 0 Å². The van der Waals surface area contributed by atoms with Gasteiger partial charge in [-0.15, -0.1) is 0 Å². The molecule has 0 bridgehead atoms. The Balaban J connectivity index is 0.000000333. The minimum absolute atomic E-state index is 0.115. The summed E-state index contributed by atoms with van der Waals surface area (Å²) in [7, 11) is 1.66. The molecule has 1 spiro atoms. The van der Waals surface area contributed by atoms with Gasteiger partial charge in [-0.3, -0.25) is 9.88 Å². The number of aromatic nitrogens is 3. The summed E-state index contributed by atoms with van der Waals surface area (Å²) in [5.74, 6) is -4.22. The molecule has 0 amide bonds. The zero-order valence-electron chi connectivity index (χ0n) is 21.2. The zero-order valence-corrected chi connectivity index (χ0v) is 21.2. The van der Waals surface area contributed by atoms with Crippen LogP contribution in [0.1, 0.15) is 24.1 Å². The summed E-state index contributed by atoms with van der Waals surface area (Å²) in [5, 5.41) is 14.2. The molecule has 2 aliphatic rings. The normalized spacial score (nSPS) is 18.2. The van der Waals surface area contributed by atoms with Gasteiger partial charge < -0.3 is 24.4 Å². The van der Waals surface area contributed by atoms with Crippen LogP contribution in [0.3, 0.4) is 0 Å². The Morgan fingerprint density at radius 3 is 2.25 bits per heavy atom. The fourth-order valence-corrected chi connectivity index (χ4v) is 3.82. The van der Waals surface area contributed by atoms with Crippen molar-refractivity contribution in [3.63, 3.8) is 0 Å². The van der Waals surface area contributed by atoms with Crippen LogP contribution in [0.5, 0.6) is 11.8 Å². The first-order valence-electron chi connectivity index (χ1n) is 11.4. The lowest BCUT2D eigenvalue weighted by Gasteiger charge is -2.53. The van der Waals surface area contributed by atoms with E-state index in [-0.39, 0.29) is 11.7 Å². The zero-order chi connectivity index (χ0) is 30.1. The van der Waals surface area contributed by atoms with E-state index in [4.69, 9.17) is 34.0 Å². The second-order valence-electron chi connectivity index (χ2n) is 8.69. The number of nitrogens with zero attached hydrogens (tertiary/aromatic N) is 4. The van der Waals surface area contributed by atoms with Crippen LogP contribution in [0, 0.1) is 6.92 Å². The maximum Gasteiger partial charge on any atom is 0.490 e. The number of rotatable bonds is 5. The Kier molecular flexibility index (Phi) is 11.0. The third-order valence-electron chi connectivity index (χ3n) is 5.41. The second kappa shape index (κ2) is 13.6. The third-order valence-corrected chi connectivity index (χ3v) is 5.41. The minimum atomic E-state index is -5.08. The topological polar surface area (TPSA) is 144 Å². The average molecular weight is 584 g/mol. The fraction of sp³-hybridized carbons (Fsp3) is 0.522. The lowest BCUT2D eigenvalue weighted by molar-refractivity contribution is -0.193. The average Bonchev–Trinajstić information content (AvgIpc) is 2.83. The number of hydrogen-bond acceptors (Lipinski definition) is 9. The molecule has 0 aromatic carbocycles. The number of aliphatic carboxylic acids is 2. The van der Waals surface area contributed by atoms with Crippen molar-refractivity contribution in [1.29, 1.82) is 0 Å². The van der Waals surface area contributed by atoms with E-state index in [0.717, 1.165) is 43.7 Å². The Hall–Kier alpha value is -3.73. The van der Waals surface area contributed by atoms with E-state index in [1.54, 1.807) is 25.7 Å². The summed E-state index contributed by atoms with van der Waals surface area (Å²) < 4.78 is 81.0. The Morgan fingerprint density at radius 1 is 1.12 bits per heavy atom. The molecule has 2 fully saturated rings. The SMILES string of the molecule is COc1ncccc1CN1CC2(CC(Oc3cncc(C)n3)CCO2)C1.O=C(O)C(F)(F)F.O=C(O)C(F)(F)F. The summed E-state index contributed by atoms with van der Waals surface area (Å²) in [6, 6.07) is 4.00. The standard InChI is InChI=1S/C19H24N4O3.2C2HF3O2/c1-14-9-20-10-17(22-14)26-16-5-7-25-19(8-16)12-23(13-19)11-15-4-3-6-21-18(15)24-2;2*3-2(4,5)1(6)7/h3-4,6,9-10,16H,5,7-8,11-13H2,1-2H3;2*(H,6,7). The number of likely N-dealkylation sites (tertiary alicyclic amines) is 1. The van der Waals surface area contributed by atoms with Crippen molar-refractivity contribution in [3.05, 3.63) is 42.0 Å². The number of ether oxygens (including phenoxy) is 3. The van der Waals surface area contributed by atoms with Gasteiger partial charge in [-0.2, -0.15) is 26.3 Å². The minimum Gasteiger partial charge on any atom is -0.481 e. The molecule has 2 N–H and O–H groups in total. The number of carboxylic acids is 2. The summed E-state index contributed by atoms with van der Waals surface area (Å²) in [4.78, 5) is 33.0. The maximum atomic E-state index is 10.6. The van der Waals surface area contributed by atoms with E-state index in [1.807, 2.05) is 13.0 Å². The maximum absolute atomic E-state index is 10.6. The number of hydrogen-bond donors (Lipinski definition) is 2. The van der Waals surface area contributed by atoms with E-state index in [0.29, 0.717) is 18.4 Å². The molecule has 2 aromatic rings. The van der Waals surface area contributed by atoms with Crippen LogP contribution in [0.2, 0.25) is 0 Å². The van der Waals surface area contributed by atoms with E-state index in [1.165, 1.54) is 0 Å². The fourth-order valence-electron chi connectivity index (χ4n) is 3.82. The quantitative estimate of drug-likeness (QED) is 0.500. The lowest BCUT2D eigenvalue weighted by atomic mass is 9.84. The molecule has 1 atom stereocenters. The number of alkyl halides is 6. The van der Waals surface area contributed by atoms with Crippen molar-refractivity contribution in [2.45, 2.75) is 50.4 Å². The highest BCUT2D eigenvalue weighted by atomic mass is 19.4. The van der Waals surface area contributed by atoms with Crippen LogP contribution in [0.15, 0.2) is 30.7 Å². The second-order valence-corrected chi connectivity index (χ2v) is 8.69. The number of halogens is 6. The van der Waals surface area contributed by atoms with Crippen LogP contribution in [-0.4, -0.2) is 92.9 Å². The molecule has 11 nitrogen and oxygen atoms in total. The van der Waals surface area contributed by atoms with Crippen LogP contribution in [-0.2, 0) is 20.9 Å². The van der Waals surface area contributed by atoms with Gasteiger partial charge >= 0.3 is 24.3 Å². The summed E-state index contributed by atoms with van der Waals surface area (Å²) in [5.41, 5.74) is 1.85. The van der Waals surface area contributed by atoms with E-state index in [9.17, 15) is 26.3 Å². The number of aryl methyl sites for hydroxylation is 1. The predicted molar refractivity (Wildman–Crippen MR) is 123 cm³/mol. The summed E-state index contributed by atoms with van der Waals surface area (Å²) >= 11 is 0. The molecule has 0 saturated carbocycles. The highest BCUT2D eigenvalue weighted by Crippen LogP contribution is 2.36. The molecule has 17 heteroatoms. The van der Waals surface area contributed by atoms with Crippen molar-refractivity contribution < 1.29 is 60.4 Å². The van der Waals surface area contributed by atoms with Gasteiger partial charge in [0, 0.05) is 50.4 Å². The molecule has 2 saturated heterocycles. The van der Waals surface area contributed by atoms with Gasteiger partial charge in [0.1, 0.15) is 6.10 Å². The Bertz CT molecular complexity index is 1120. The highest BCUT2D eigenvalue weighted by Gasteiger charge is 2.48. The molecule has 40 heavy (non-hydrogen) atoms. The van der Waals surface area contributed by atoms with Gasteiger partial charge in [0.05, 0.1) is 31.2 Å². The molecule has 1 unspecified atom stereocenters. The number of methoxy groups -OCH3 is 1. The monoisotopic (exact) mass is 584 g/mol. The van der Waals surface area contributed by atoms with Crippen LogP contribution >= 0.6 is 0 Å². The molecule has 222 valence electrons. The van der Waals surface area contributed by atoms with Crippen LogP contribution < -0.4 is 9.47 Å². The first-order chi connectivity index (χ1) is 18.5. The molecule has 2 aromatic heterocycles. The molecule has 2 aliphatic heterocycles. The van der Waals surface area contributed by atoms with Gasteiger partial charge in [-0.1, -0.05) is 6.07 Å². The predicted octanol–water partition coefficient (Wildman–Crippen LogP) is 3.27.